The van der Waals surface area contributed by atoms with Gasteiger partial charge in [0, 0.05) is 18.0 Å². The molecular formula is C19H14ClF3N4O2. The molecule has 0 saturated carbocycles. The second-order valence-electron chi connectivity index (χ2n) is 6.58. The lowest BCUT2D eigenvalue weighted by molar-refractivity contribution is -0.142. The van der Waals surface area contributed by atoms with Crippen molar-refractivity contribution < 1.29 is 23.4 Å². The van der Waals surface area contributed by atoms with Gasteiger partial charge >= 0.3 is 6.18 Å². The lowest BCUT2D eigenvalue weighted by atomic mass is 10.1. The Morgan fingerprint density at radius 2 is 1.90 bits per heavy atom. The molecule has 1 aromatic carbocycles. The number of aromatic hydroxyl groups is 2. The van der Waals surface area contributed by atoms with Gasteiger partial charge in [-0.1, -0.05) is 17.7 Å². The number of rotatable bonds is 3. The summed E-state index contributed by atoms with van der Waals surface area (Å²) in [6.07, 6.45) is -0.451. The molecule has 0 aliphatic rings. The number of halogens is 4. The van der Waals surface area contributed by atoms with E-state index in [4.69, 9.17) is 11.6 Å². The molecule has 0 aliphatic carbocycles. The molecule has 0 unspecified atom stereocenters. The molecule has 150 valence electrons. The first kappa shape index (κ1) is 19.1. The van der Waals surface area contributed by atoms with Crippen LogP contribution >= 0.6 is 11.6 Å². The van der Waals surface area contributed by atoms with Crippen molar-refractivity contribution >= 4 is 22.5 Å². The molecule has 0 aliphatic heterocycles. The lowest BCUT2D eigenvalue weighted by Crippen LogP contribution is -2.17. The highest BCUT2D eigenvalue weighted by Crippen LogP contribution is 2.35. The Bertz CT molecular complexity index is 1230. The Kier molecular flexibility index (Phi) is 4.42. The number of phenolic OH excluding ortho intramolecular Hbond substituents is 1. The fourth-order valence-corrected chi connectivity index (χ4v) is 3.27. The summed E-state index contributed by atoms with van der Waals surface area (Å²) < 4.78 is 39.8. The molecule has 0 amide bonds. The summed E-state index contributed by atoms with van der Waals surface area (Å²) in [6, 6.07) is 6.47. The molecule has 4 rings (SSSR count). The van der Waals surface area contributed by atoms with Crippen LogP contribution in [0.3, 0.4) is 0 Å². The smallest absolute Gasteiger partial charge is 0.408 e. The Hall–Kier alpha value is -3.20. The van der Waals surface area contributed by atoms with Crippen molar-refractivity contribution in [2.45, 2.75) is 19.6 Å². The molecule has 3 heterocycles. The number of hydrogen-bond donors (Lipinski definition) is 2. The predicted octanol–water partition coefficient (Wildman–Crippen LogP) is 4.82. The number of aromatic nitrogens is 4. The molecule has 6 nitrogen and oxygen atoms in total. The van der Waals surface area contributed by atoms with E-state index in [1.165, 1.54) is 29.2 Å². The average molecular weight is 423 g/mol. The highest BCUT2D eigenvalue weighted by Gasteiger charge is 2.28. The van der Waals surface area contributed by atoms with E-state index in [9.17, 15) is 23.4 Å². The van der Waals surface area contributed by atoms with Gasteiger partial charge in [0.1, 0.15) is 12.3 Å². The largest absolute Gasteiger partial charge is 0.506 e. The molecule has 3 aromatic heterocycles. The summed E-state index contributed by atoms with van der Waals surface area (Å²) in [5, 5.41) is 24.8. The molecule has 0 spiro atoms. The van der Waals surface area contributed by atoms with Crippen LogP contribution in [0.5, 0.6) is 11.6 Å². The van der Waals surface area contributed by atoms with Gasteiger partial charge < -0.3 is 10.2 Å². The first-order chi connectivity index (χ1) is 13.6. The topological polar surface area (TPSA) is 76.1 Å². The second-order valence-corrected chi connectivity index (χ2v) is 6.99. The molecule has 0 radical (unpaired) electrons. The first-order valence-electron chi connectivity index (χ1n) is 8.42. The van der Waals surface area contributed by atoms with Gasteiger partial charge in [-0.25, -0.2) is 4.98 Å². The highest BCUT2D eigenvalue weighted by atomic mass is 35.5. The van der Waals surface area contributed by atoms with Gasteiger partial charge in [0.05, 0.1) is 33.5 Å². The lowest BCUT2D eigenvalue weighted by Gasteiger charge is -2.06. The van der Waals surface area contributed by atoms with Gasteiger partial charge in [-0.3, -0.25) is 9.25 Å². The van der Waals surface area contributed by atoms with E-state index in [2.05, 4.69) is 10.1 Å². The third-order valence-electron chi connectivity index (χ3n) is 4.43. The van der Waals surface area contributed by atoms with Gasteiger partial charge in [0.15, 0.2) is 0 Å². The van der Waals surface area contributed by atoms with E-state index in [1.54, 1.807) is 25.1 Å². The molecule has 29 heavy (non-hydrogen) atoms. The number of phenols is 1. The maximum atomic E-state index is 12.6. The number of pyridine rings is 1. The van der Waals surface area contributed by atoms with Crippen molar-refractivity contribution in [1.29, 1.82) is 0 Å². The van der Waals surface area contributed by atoms with Crippen LogP contribution in [-0.4, -0.2) is 35.7 Å². The van der Waals surface area contributed by atoms with E-state index in [1.807, 2.05) is 0 Å². The van der Waals surface area contributed by atoms with Crippen molar-refractivity contribution in [1.82, 2.24) is 19.3 Å². The third-order valence-corrected chi connectivity index (χ3v) is 4.75. The monoisotopic (exact) mass is 422 g/mol. The van der Waals surface area contributed by atoms with Gasteiger partial charge in [0.2, 0.25) is 5.88 Å². The van der Waals surface area contributed by atoms with Crippen LogP contribution in [0.25, 0.3) is 27.8 Å². The second kappa shape index (κ2) is 6.70. The van der Waals surface area contributed by atoms with E-state index in [0.29, 0.717) is 27.7 Å². The summed E-state index contributed by atoms with van der Waals surface area (Å²) in [5.41, 5.74) is 2.60. The first-order valence-corrected chi connectivity index (χ1v) is 8.80. The van der Waals surface area contributed by atoms with Crippen molar-refractivity contribution in [2.75, 3.05) is 0 Å². The Labute approximate surface area is 167 Å². The number of nitrogens with zero attached hydrogens (tertiary/aromatic N) is 4. The standard InChI is InChI=1S/C19H14ClF3N4O2/c1-10-4-14(11-2-3-13(20)16(28)5-11)25-15-8-27(18(29)17(10)15)12-6-24-26(7-12)9-19(21,22)23/h2-8,28-29H,9H2,1H3. The summed E-state index contributed by atoms with van der Waals surface area (Å²) in [7, 11) is 0. The summed E-state index contributed by atoms with van der Waals surface area (Å²) in [6.45, 7) is 0.552. The van der Waals surface area contributed by atoms with Gasteiger partial charge in [-0.05, 0) is 30.7 Å². The molecule has 0 saturated heterocycles. The number of alkyl halides is 3. The Balaban J connectivity index is 1.79. The van der Waals surface area contributed by atoms with Crippen molar-refractivity contribution in [3.05, 3.63) is 53.4 Å². The zero-order valence-corrected chi connectivity index (χ0v) is 15.7. The summed E-state index contributed by atoms with van der Waals surface area (Å²) >= 11 is 5.84. The van der Waals surface area contributed by atoms with Crippen molar-refractivity contribution in [2.24, 2.45) is 0 Å². The predicted molar refractivity (Wildman–Crippen MR) is 101 cm³/mol. The Morgan fingerprint density at radius 3 is 2.59 bits per heavy atom. The molecule has 0 bridgehead atoms. The van der Waals surface area contributed by atoms with E-state index in [-0.39, 0.29) is 22.3 Å². The highest BCUT2D eigenvalue weighted by molar-refractivity contribution is 6.32. The van der Waals surface area contributed by atoms with Gasteiger partial charge in [0.25, 0.3) is 0 Å². The van der Waals surface area contributed by atoms with Crippen LogP contribution in [0.4, 0.5) is 13.2 Å². The van der Waals surface area contributed by atoms with Crippen molar-refractivity contribution in [3.8, 4) is 28.6 Å². The van der Waals surface area contributed by atoms with E-state index in [0.717, 1.165) is 4.68 Å². The van der Waals surface area contributed by atoms with Crippen LogP contribution in [0.2, 0.25) is 5.02 Å². The quantitative estimate of drug-likeness (QED) is 0.496. The SMILES string of the molecule is Cc1cc(-c2ccc(Cl)c(O)c2)nc2cn(-c3cnn(CC(F)(F)F)c3)c(O)c12. The molecule has 0 fully saturated rings. The van der Waals surface area contributed by atoms with E-state index < -0.39 is 12.7 Å². The van der Waals surface area contributed by atoms with Gasteiger partial charge in [-0.15, -0.1) is 0 Å². The van der Waals surface area contributed by atoms with E-state index >= 15 is 0 Å². The minimum Gasteiger partial charge on any atom is -0.506 e. The van der Waals surface area contributed by atoms with Crippen LogP contribution in [0.1, 0.15) is 5.56 Å². The number of aryl methyl sites for hydroxylation is 1. The van der Waals surface area contributed by atoms with Crippen molar-refractivity contribution in [3.63, 3.8) is 0 Å². The molecule has 2 N–H and O–H groups in total. The third kappa shape index (κ3) is 3.61. The van der Waals surface area contributed by atoms with Crippen LogP contribution < -0.4 is 0 Å². The van der Waals surface area contributed by atoms with Gasteiger partial charge in [-0.2, -0.15) is 18.3 Å². The Morgan fingerprint density at radius 1 is 1.14 bits per heavy atom. The normalized spacial score (nSPS) is 12.0. The maximum Gasteiger partial charge on any atom is 0.408 e. The fraction of sp³-hybridized carbons (Fsp3) is 0.158. The minimum atomic E-state index is -4.40. The summed E-state index contributed by atoms with van der Waals surface area (Å²) in [5.74, 6) is -0.233. The molecular weight excluding hydrogens is 409 g/mol. The van der Waals surface area contributed by atoms with Crippen LogP contribution in [-0.2, 0) is 6.54 Å². The van der Waals surface area contributed by atoms with Crippen LogP contribution in [0, 0.1) is 6.92 Å². The molecule has 0 atom stereocenters. The fourth-order valence-electron chi connectivity index (χ4n) is 3.15. The van der Waals surface area contributed by atoms with Crippen LogP contribution in [0.15, 0.2) is 42.9 Å². The molecule has 10 heteroatoms. The molecule has 4 aromatic rings. The average Bonchev–Trinajstić information content (AvgIpc) is 3.20. The number of hydrogen-bond acceptors (Lipinski definition) is 4. The number of fused-ring (bicyclic) bond motifs is 1. The minimum absolute atomic E-state index is 0.0822. The maximum absolute atomic E-state index is 12.6. The zero-order chi connectivity index (χ0) is 20.9. The zero-order valence-electron chi connectivity index (χ0n) is 14.9. The summed E-state index contributed by atoms with van der Waals surface area (Å²) in [4.78, 5) is 4.51. The number of benzene rings is 1.